The Morgan fingerprint density at radius 2 is 1.83 bits per heavy atom. The zero-order valence-corrected chi connectivity index (χ0v) is 23.1. The summed E-state index contributed by atoms with van der Waals surface area (Å²) in [5, 5.41) is 8.67. The van der Waals surface area contributed by atoms with Gasteiger partial charge in [0.1, 0.15) is 11.3 Å². The molecule has 10 nitrogen and oxygen atoms in total. The molecule has 0 amide bonds. The predicted octanol–water partition coefficient (Wildman–Crippen LogP) is 5.37. The standard InChI is InChI=1S/C29H30F3N7O3/c1-37-18-20(16-34-37)21-14-23(26(40-2)15-25(21)38-9-12-41-13-10-38)35-28-33-17-22(29(30,31)32)27(36-28)39-24(8-11-42-39)19-6-4-3-5-7-19/h3-7,14-18,24H,8-13H2,1-2H3,(H,33,35,36)/t24-/m1/s1. The number of hydroxylamine groups is 1. The van der Waals surface area contributed by atoms with Gasteiger partial charge in [-0.15, -0.1) is 0 Å². The Morgan fingerprint density at radius 3 is 2.52 bits per heavy atom. The third-order valence-electron chi connectivity index (χ3n) is 7.30. The summed E-state index contributed by atoms with van der Waals surface area (Å²) in [6.45, 7) is 2.86. The Labute approximate surface area is 240 Å². The van der Waals surface area contributed by atoms with Gasteiger partial charge in [-0.05, 0) is 11.6 Å². The summed E-state index contributed by atoms with van der Waals surface area (Å²) in [5.41, 5.74) is 3.00. The molecule has 4 heterocycles. The molecule has 2 aliphatic rings. The summed E-state index contributed by atoms with van der Waals surface area (Å²) in [6, 6.07) is 12.6. The van der Waals surface area contributed by atoms with Gasteiger partial charge in [0.25, 0.3) is 0 Å². The van der Waals surface area contributed by atoms with Crippen LogP contribution in [0.2, 0.25) is 0 Å². The summed E-state index contributed by atoms with van der Waals surface area (Å²) >= 11 is 0. The van der Waals surface area contributed by atoms with Crippen LogP contribution in [0.3, 0.4) is 0 Å². The van der Waals surface area contributed by atoms with Gasteiger partial charge >= 0.3 is 6.18 Å². The Kier molecular flexibility index (Phi) is 7.60. The maximum absolute atomic E-state index is 14.1. The molecule has 0 spiro atoms. The Bertz CT molecular complexity index is 1540. The number of rotatable bonds is 7. The lowest BCUT2D eigenvalue weighted by Crippen LogP contribution is -2.36. The molecule has 6 rings (SSSR count). The van der Waals surface area contributed by atoms with Crippen molar-refractivity contribution in [3.8, 4) is 16.9 Å². The number of hydrogen-bond donors (Lipinski definition) is 1. The maximum Gasteiger partial charge on any atom is 0.421 e. The summed E-state index contributed by atoms with van der Waals surface area (Å²) in [7, 11) is 3.37. The first-order valence-corrected chi connectivity index (χ1v) is 13.5. The van der Waals surface area contributed by atoms with Crippen LogP contribution in [0.4, 0.5) is 36.3 Å². The quantitative estimate of drug-likeness (QED) is 0.310. The number of ether oxygens (including phenoxy) is 2. The van der Waals surface area contributed by atoms with E-state index in [2.05, 4.69) is 25.3 Å². The van der Waals surface area contributed by atoms with Gasteiger partial charge in [-0.3, -0.25) is 9.52 Å². The number of nitrogens with one attached hydrogen (secondary N) is 1. The molecule has 1 N–H and O–H groups in total. The van der Waals surface area contributed by atoms with Crippen molar-refractivity contribution in [1.29, 1.82) is 0 Å². The minimum absolute atomic E-state index is 0.0325. The lowest BCUT2D eigenvalue weighted by molar-refractivity contribution is -0.138. The highest BCUT2D eigenvalue weighted by Gasteiger charge is 2.40. The number of morpholine rings is 1. The van der Waals surface area contributed by atoms with Crippen molar-refractivity contribution in [2.45, 2.75) is 18.6 Å². The molecule has 2 aliphatic heterocycles. The first-order chi connectivity index (χ1) is 20.3. The van der Waals surface area contributed by atoms with E-state index in [4.69, 9.17) is 14.3 Å². The van der Waals surface area contributed by atoms with Crippen molar-refractivity contribution in [2.75, 3.05) is 55.3 Å². The van der Waals surface area contributed by atoms with Crippen LogP contribution in [-0.4, -0.2) is 59.8 Å². The lowest BCUT2D eigenvalue weighted by atomic mass is 10.0. The third-order valence-corrected chi connectivity index (χ3v) is 7.30. The summed E-state index contributed by atoms with van der Waals surface area (Å²) in [4.78, 5) is 16.3. The minimum atomic E-state index is -4.69. The molecular weight excluding hydrogens is 551 g/mol. The van der Waals surface area contributed by atoms with Gasteiger partial charge in [0.2, 0.25) is 5.95 Å². The molecule has 42 heavy (non-hydrogen) atoms. The van der Waals surface area contributed by atoms with Crippen molar-refractivity contribution in [2.24, 2.45) is 7.05 Å². The fourth-order valence-electron chi connectivity index (χ4n) is 5.27. The molecule has 0 aliphatic carbocycles. The number of aromatic nitrogens is 4. The SMILES string of the molecule is COc1cc(N2CCOCC2)c(-c2cnn(C)c2)cc1Nc1ncc(C(F)(F)F)c(N2OCC[C@@H]2c2ccccc2)n1. The Hall–Kier alpha value is -4.36. The minimum Gasteiger partial charge on any atom is -0.494 e. The van der Waals surface area contributed by atoms with Crippen LogP contribution in [0.5, 0.6) is 5.75 Å². The summed E-state index contributed by atoms with van der Waals surface area (Å²) in [5.74, 6) is 0.0892. The number of hydrogen-bond acceptors (Lipinski definition) is 9. The average molecular weight is 582 g/mol. The van der Waals surface area contributed by atoms with E-state index in [0.29, 0.717) is 44.2 Å². The monoisotopic (exact) mass is 581 g/mol. The van der Waals surface area contributed by atoms with E-state index in [1.165, 1.54) is 12.2 Å². The molecule has 2 aromatic heterocycles. The molecule has 0 saturated carbocycles. The first kappa shape index (κ1) is 27.8. The number of alkyl halides is 3. The van der Waals surface area contributed by atoms with Crippen LogP contribution in [0.1, 0.15) is 23.6 Å². The maximum atomic E-state index is 14.1. The van der Waals surface area contributed by atoms with Gasteiger partial charge in [-0.2, -0.15) is 23.3 Å². The molecule has 220 valence electrons. The zero-order valence-electron chi connectivity index (χ0n) is 23.1. The zero-order chi connectivity index (χ0) is 29.3. The van der Waals surface area contributed by atoms with Gasteiger partial charge in [-0.1, -0.05) is 30.3 Å². The normalized spacial score (nSPS) is 17.5. The van der Waals surface area contributed by atoms with E-state index in [1.54, 1.807) is 10.9 Å². The second-order valence-electron chi connectivity index (χ2n) is 10.00. The van der Waals surface area contributed by atoms with E-state index >= 15 is 0 Å². The van der Waals surface area contributed by atoms with E-state index in [9.17, 15) is 13.2 Å². The van der Waals surface area contributed by atoms with Crippen LogP contribution in [0.25, 0.3) is 11.1 Å². The van der Waals surface area contributed by atoms with E-state index in [0.717, 1.165) is 28.6 Å². The highest BCUT2D eigenvalue weighted by Crippen LogP contribution is 2.43. The highest BCUT2D eigenvalue weighted by atomic mass is 19.4. The highest BCUT2D eigenvalue weighted by molar-refractivity contribution is 5.85. The van der Waals surface area contributed by atoms with Gasteiger partial charge in [0.05, 0.1) is 44.9 Å². The fourth-order valence-corrected chi connectivity index (χ4v) is 5.27. The van der Waals surface area contributed by atoms with Gasteiger partial charge in [-0.25, -0.2) is 10.0 Å². The molecular formula is C29H30F3N7O3. The second-order valence-corrected chi connectivity index (χ2v) is 10.00. The summed E-state index contributed by atoms with van der Waals surface area (Å²) in [6.07, 6.45) is 0.268. The number of halogens is 3. The van der Waals surface area contributed by atoms with Crippen LogP contribution in [0.15, 0.2) is 61.1 Å². The molecule has 2 saturated heterocycles. The Balaban J connectivity index is 1.41. The number of anilines is 4. The number of benzene rings is 2. The van der Waals surface area contributed by atoms with Crippen molar-refractivity contribution < 1.29 is 27.5 Å². The first-order valence-electron chi connectivity index (χ1n) is 13.5. The second kappa shape index (κ2) is 11.5. The van der Waals surface area contributed by atoms with Crippen LogP contribution in [0, 0.1) is 0 Å². The third kappa shape index (κ3) is 5.57. The molecule has 1 atom stereocenters. The topological polar surface area (TPSA) is 89.8 Å². The number of aryl methyl sites for hydroxylation is 1. The van der Waals surface area contributed by atoms with Crippen LogP contribution in [-0.2, 0) is 22.8 Å². The fraction of sp³-hybridized carbons (Fsp3) is 0.345. The molecule has 0 radical (unpaired) electrons. The largest absolute Gasteiger partial charge is 0.494 e. The van der Waals surface area contributed by atoms with Crippen molar-refractivity contribution >= 4 is 23.1 Å². The predicted molar refractivity (Wildman–Crippen MR) is 151 cm³/mol. The molecule has 2 aromatic carbocycles. The van der Waals surface area contributed by atoms with Gasteiger partial charge in [0, 0.05) is 61.8 Å². The lowest BCUT2D eigenvalue weighted by Gasteiger charge is -2.31. The number of nitrogens with zero attached hydrogens (tertiary/aromatic N) is 6. The van der Waals surface area contributed by atoms with E-state index in [1.807, 2.05) is 55.7 Å². The molecule has 0 unspecified atom stereocenters. The van der Waals surface area contributed by atoms with E-state index < -0.39 is 17.8 Å². The summed E-state index contributed by atoms with van der Waals surface area (Å²) < 4.78 is 55.4. The van der Waals surface area contributed by atoms with Crippen LogP contribution >= 0.6 is 0 Å². The van der Waals surface area contributed by atoms with E-state index in [-0.39, 0.29) is 18.4 Å². The van der Waals surface area contributed by atoms with Crippen LogP contribution < -0.4 is 20.0 Å². The molecule has 2 fully saturated rings. The average Bonchev–Trinajstić information content (AvgIpc) is 3.67. The van der Waals surface area contributed by atoms with Gasteiger partial charge < -0.3 is 19.7 Å². The molecule has 4 aromatic rings. The molecule has 13 heteroatoms. The molecule has 0 bridgehead atoms. The smallest absolute Gasteiger partial charge is 0.421 e. The van der Waals surface area contributed by atoms with Gasteiger partial charge in [0.15, 0.2) is 5.82 Å². The number of methoxy groups -OCH3 is 1. The Morgan fingerprint density at radius 1 is 1.05 bits per heavy atom. The van der Waals surface area contributed by atoms with Crippen molar-refractivity contribution in [1.82, 2.24) is 19.7 Å². The van der Waals surface area contributed by atoms with Crippen molar-refractivity contribution in [3.05, 3.63) is 72.2 Å². The van der Waals surface area contributed by atoms with Crippen molar-refractivity contribution in [3.63, 3.8) is 0 Å².